The molecule has 2 aliphatic rings. The van der Waals surface area contributed by atoms with E-state index >= 15 is 0 Å². The van der Waals surface area contributed by atoms with Crippen LogP contribution in [0.25, 0.3) is 0 Å². The van der Waals surface area contributed by atoms with Crippen molar-refractivity contribution in [3.63, 3.8) is 0 Å². The average Bonchev–Trinajstić information content (AvgIpc) is 3.46. The van der Waals surface area contributed by atoms with Gasteiger partial charge in [0.15, 0.2) is 5.82 Å². The number of likely N-dealkylation sites (tertiary alicyclic amines) is 1. The summed E-state index contributed by atoms with van der Waals surface area (Å²) in [7, 11) is 0. The van der Waals surface area contributed by atoms with Crippen molar-refractivity contribution in [1.82, 2.24) is 20.0 Å². The maximum Gasteiger partial charge on any atom is 0.256 e. The van der Waals surface area contributed by atoms with Crippen LogP contribution in [-0.4, -0.2) is 45.7 Å². The van der Waals surface area contributed by atoms with Gasteiger partial charge in [0.05, 0.1) is 12.2 Å². The summed E-state index contributed by atoms with van der Waals surface area (Å²) in [4.78, 5) is 23.1. The highest BCUT2D eigenvalue weighted by atomic mass is 16.5. The van der Waals surface area contributed by atoms with Gasteiger partial charge in [-0.1, -0.05) is 18.0 Å². The van der Waals surface area contributed by atoms with Crippen LogP contribution in [0.2, 0.25) is 0 Å². The smallest absolute Gasteiger partial charge is 0.256 e. The minimum atomic E-state index is -0.154. The van der Waals surface area contributed by atoms with Crippen LogP contribution in [0.15, 0.2) is 29.0 Å². The van der Waals surface area contributed by atoms with Crippen molar-refractivity contribution < 1.29 is 14.1 Å². The molecule has 1 unspecified atom stereocenters. The molecule has 144 valence electrons. The van der Waals surface area contributed by atoms with E-state index in [1.165, 1.54) is 25.7 Å². The van der Waals surface area contributed by atoms with Crippen LogP contribution >= 0.6 is 0 Å². The fourth-order valence-corrected chi connectivity index (χ4v) is 4.02. The van der Waals surface area contributed by atoms with Crippen molar-refractivity contribution in [2.24, 2.45) is 5.92 Å². The number of hydrogen-bond donors (Lipinski definition) is 0. The Morgan fingerprint density at radius 2 is 2.15 bits per heavy atom. The Morgan fingerprint density at radius 1 is 1.26 bits per heavy atom. The van der Waals surface area contributed by atoms with Crippen molar-refractivity contribution in [1.29, 1.82) is 0 Å². The molecule has 4 rings (SSSR count). The van der Waals surface area contributed by atoms with Gasteiger partial charge in [0.2, 0.25) is 5.89 Å². The number of nitrogens with zero attached hydrogens (tertiary/aromatic N) is 4. The number of rotatable bonds is 7. The second kappa shape index (κ2) is 8.61. The molecule has 1 amide bonds. The summed E-state index contributed by atoms with van der Waals surface area (Å²) in [6.45, 7) is 2.14. The van der Waals surface area contributed by atoms with E-state index in [9.17, 15) is 4.79 Å². The Morgan fingerprint density at radius 3 is 2.96 bits per heavy atom. The Balaban J connectivity index is 1.32. The molecule has 1 aliphatic heterocycles. The van der Waals surface area contributed by atoms with Gasteiger partial charge in [-0.25, -0.2) is 0 Å². The van der Waals surface area contributed by atoms with E-state index in [0.29, 0.717) is 36.9 Å². The van der Waals surface area contributed by atoms with Crippen LogP contribution < -0.4 is 0 Å². The summed E-state index contributed by atoms with van der Waals surface area (Å²) in [6.07, 6.45) is 10.9. The zero-order chi connectivity index (χ0) is 18.5. The highest BCUT2D eigenvalue weighted by Gasteiger charge is 2.34. The zero-order valence-corrected chi connectivity index (χ0v) is 15.5. The molecule has 0 bridgehead atoms. The quantitative estimate of drug-likeness (QED) is 0.696. The number of amides is 1. The molecule has 1 saturated heterocycles. The van der Waals surface area contributed by atoms with Crippen LogP contribution in [0.3, 0.4) is 0 Å². The molecule has 7 heteroatoms. The lowest BCUT2D eigenvalue weighted by Crippen LogP contribution is -2.30. The molecule has 3 heterocycles. The molecule has 2 fully saturated rings. The number of hydrogen-bond acceptors (Lipinski definition) is 6. The molecule has 0 spiro atoms. The highest BCUT2D eigenvalue weighted by Crippen LogP contribution is 2.32. The Hall–Kier alpha value is -2.28. The molecule has 1 saturated carbocycles. The highest BCUT2D eigenvalue weighted by molar-refractivity contribution is 5.94. The molecule has 0 radical (unpaired) electrons. The van der Waals surface area contributed by atoms with Gasteiger partial charge in [-0.2, -0.15) is 4.98 Å². The third-order valence-electron chi connectivity index (χ3n) is 5.49. The minimum absolute atomic E-state index is 0.0368. The Bertz CT molecular complexity index is 743. The molecule has 1 aliphatic carbocycles. The third kappa shape index (κ3) is 4.35. The molecule has 1 atom stereocenters. The monoisotopic (exact) mass is 370 g/mol. The van der Waals surface area contributed by atoms with Crippen LogP contribution in [0, 0.1) is 5.92 Å². The summed E-state index contributed by atoms with van der Waals surface area (Å²) < 4.78 is 11.2. The summed E-state index contributed by atoms with van der Waals surface area (Å²) in [5.41, 5.74) is 0.587. The number of pyridine rings is 1. The fraction of sp³-hybridized carbons (Fsp3) is 0.600. The van der Waals surface area contributed by atoms with Gasteiger partial charge in [-0.15, -0.1) is 0 Å². The van der Waals surface area contributed by atoms with E-state index in [2.05, 4.69) is 15.1 Å². The molecule has 0 N–H and O–H groups in total. The van der Waals surface area contributed by atoms with Crippen LogP contribution in [0.1, 0.15) is 66.6 Å². The molecule has 7 nitrogen and oxygen atoms in total. The van der Waals surface area contributed by atoms with E-state index in [1.807, 2.05) is 4.90 Å². The Kier molecular flexibility index (Phi) is 5.77. The predicted molar refractivity (Wildman–Crippen MR) is 98.0 cm³/mol. The summed E-state index contributed by atoms with van der Waals surface area (Å²) in [5.74, 6) is 1.86. The normalized spacial score (nSPS) is 20.4. The first-order chi connectivity index (χ1) is 13.3. The van der Waals surface area contributed by atoms with Gasteiger partial charge in [-0.3, -0.25) is 9.78 Å². The second-order valence-corrected chi connectivity index (χ2v) is 7.42. The summed E-state index contributed by atoms with van der Waals surface area (Å²) in [6, 6.07) is 3.40. The number of carbonyl (C=O) groups is 1. The molecular weight excluding hydrogens is 344 g/mol. The number of aromatic nitrogens is 3. The molecular formula is C20H26N4O3. The molecule has 0 aromatic carbocycles. The van der Waals surface area contributed by atoms with Crippen molar-refractivity contribution in [2.45, 2.75) is 51.0 Å². The first-order valence-corrected chi connectivity index (χ1v) is 9.92. The topological polar surface area (TPSA) is 81.4 Å². The van der Waals surface area contributed by atoms with Crippen molar-refractivity contribution in [2.75, 3.05) is 19.8 Å². The summed E-state index contributed by atoms with van der Waals surface area (Å²) >= 11 is 0. The number of ether oxygens (including phenoxy) is 1. The van der Waals surface area contributed by atoms with Crippen molar-refractivity contribution in [3.8, 4) is 0 Å². The minimum Gasteiger partial charge on any atom is -0.381 e. The third-order valence-corrected chi connectivity index (χ3v) is 5.49. The first kappa shape index (κ1) is 18.1. The van der Waals surface area contributed by atoms with E-state index in [1.54, 1.807) is 24.5 Å². The van der Waals surface area contributed by atoms with Gasteiger partial charge in [0.25, 0.3) is 5.91 Å². The molecule has 2 aromatic heterocycles. The van der Waals surface area contributed by atoms with Crippen molar-refractivity contribution >= 4 is 5.91 Å². The maximum atomic E-state index is 12.8. The maximum absolute atomic E-state index is 12.8. The molecule has 27 heavy (non-hydrogen) atoms. The van der Waals surface area contributed by atoms with Crippen LogP contribution in [0.4, 0.5) is 0 Å². The van der Waals surface area contributed by atoms with E-state index in [4.69, 9.17) is 9.26 Å². The standard InChI is InChI=1S/C20H26N4O3/c25-20(16-7-3-10-21-13-16)24-11-4-8-17(24)19-22-18(23-27-19)9-12-26-14-15-5-1-2-6-15/h3,7,10,13,15,17H,1-2,4-6,8-9,11-12,14H2. The lowest BCUT2D eigenvalue weighted by molar-refractivity contribution is 0.0709. The molecule has 2 aromatic rings. The Labute approximate surface area is 159 Å². The van der Waals surface area contributed by atoms with Gasteiger partial charge >= 0.3 is 0 Å². The van der Waals surface area contributed by atoms with Crippen LogP contribution in [-0.2, 0) is 11.2 Å². The lowest BCUT2D eigenvalue weighted by Gasteiger charge is -2.21. The predicted octanol–water partition coefficient (Wildman–Crippen LogP) is 3.19. The average molecular weight is 370 g/mol. The van der Waals surface area contributed by atoms with E-state index < -0.39 is 0 Å². The second-order valence-electron chi connectivity index (χ2n) is 7.42. The van der Waals surface area contributed by atoms with Gasteiger partial charge in [-0.05, 0) is 43.7 Å². The lowest BCUT2D eigenvalue weighted by atomic mass is 10.1. The first-order valence-electron chi connectivity index (χ1n) is 9.92. The van der Waals surface area contributed by atoms with Crippen molar-refractivity contribution in [3.05, 3.63) is 41.8 Å². The largest absolute Gasteiger partial charge is 0.381 e. The van der Waals surface area contributed by atoms with E-state index in [0.717, 1.165) is 25.4 Å². The summed E-state index contributed by atoms with van der Waals surface area (Å²) in [5, 5.41) is 4.08. The van der Waals surface area contributed by atoms with Gasteiger partial charge < -0.3 is 14.2 Å². The zero-order valence-electron chi connectivity index (χ0n) is 15.5. The van der Waals surface area contributed by atoms with E-state index in [-0.39, 0.29) is 11.9 Å². The fourth-order valence-electron chi connectivity index (χ4n) is 4.02. The van der Waals surface area contributed by atoms with Gasteiger partial charge in [0, 0.05) is 32.0 Å². The number of carbonyl (C=O) groups excluding carboxylic acids is 1. The van der Waals surface area contributed by atoms with Crippen LogP contribution in [0.5, 0.6) is 0 Å². The SMILES string of the molecule is O=C(c1cccnc1)N1CCCC1c1nc(CCOCC2CCCC2)no1. The van der Waals surface area contributed by atoms with Gasteiger partial charge in [0.1, 0.15) is 6.04 Å².